The molecule has 5 aromatic rings. The van der Waals surface area contributed by atoms with Crippen molar-refractivity contribution in [3.8, 4) is 20.9 Å². The first kappa shape index (κ1) is 37.4. The molecule has 46 heavy (non-hydrogen) atoms. The minimum absolute atomic E-state index is 1.24. The average Bonchev–Trinajstić information content (AvgIpc) is 3.81. The number of fused-ring (bicyclic) bond motifs is 2. The van der Waals surface area contributed by atoms with Gasteiger partial charge < -0.3 is 0 Å². The van der Waals surface area contributed by atoms with Crippen molar-refractivity contribution in [2.75, 3.05) is 0 Å². The number of rotatable bonds is 18. The molecule has 0 saturated heterocycles. The molecule has 4 aromatic heterocycles. The molecule has 0 amide bonds. The standard InChI is InChI=1S/C34H40S4.6CH3.2Sn/c1-3-5-7-9-11-13-15-25-17-19-29(37-25)31-27-21-23-36-34(27)32(28-22-24-35-33(28)31)30-20-18-26(38-30)16-14-12-10-8-6-4-2;;;;;;;;/h17-22H,3-16H2,1-2H3;6*1H3;;. The van der Waals surface area contributed by atoms with E-state index in [0.29, 0.717) is 0 Å². The van der Waals surface area contributed by atoms with Crippen molar-refractivity contribution in [1.82, 2.24) is 0 Å². The van der Waals surface area contributed by atoms with E-state index in [-0.39, 0.29) is 0 Å². The summed E-state index contributed by atoms with van der Waals surface area (Å²) >= 11 is 3.90. The molecule has 4 heterocycles. The van der Waals surface area contributed by atoms with Gasteiger partial charge in [0, 0.05) is 0 Å². The van der Waals surface area contributed by atoms with E-state index in [1.807, 2.05) is 0 Å². The van der Waals surface area contributed by atoms with Crippen molar-refractivity contribution in [3.05, 3.63) is 46.2 Å². The second kappa shape index (κ2) is 16.9. The van der Waals surface area contributed by atoms with Crippen LogP contribution < -0.4 is 5.79 Å². The molecule has 5 rings (SSSR count). The fraction of sp³-hybridized carbons (Fsp3) is 0.550. The van der Waals surface area contributed by atoms with Crippen LogP contribution in [0, 0.1) is 0 Å². The summed E-state index contributed by atoms with van der Waals surface area (Å²) in [5.41, 5.74) is 3.11. The first-order chi connectivity index (χ1) is 22.0. The summed E-state index contributed by atoms with van der Waals surface area (Å²) in [5, 5.41) is 3.09. The van der Waals surface area contributed by atoms with Crippen LogP contribution in [-0.4, -0.2) is 36.8 Å². The van der Waals surface area contributed by atoms with Gasteiger partial charge in [0.25, 0.3) is 0 Å². The zero-order valence-corrected chi connectivity index (χ0v) is 39.0. The van der Waals surface area contributed by atoms with Gasteiger partial charge in [-0.05, 0) is 0 Å². The Morgan fingerprint density at radius 3 is 1.20 bits per heavy atom. The van der Waals surface area contributed by atoms with E-state index in [2.05, 4.69) is 125 Å². The fourth-order valence-corrected chi connectivity index (χ4v) is 21.7. The molecule has 250 valence electrons. The van der Waals surface area contributed by atoms with E-state index >= 15 is 0 Å². The monoisotopic (exact) mass is 906 g/mol. The van der Waals surface area contributed by atoms with Gasteiger partial charge in [-0.2, -0.15) is 0 Å². The summed E-state index contributed by atoms with van der Waals surface area (Å²) in [5.74, 6) is 0. The maximum atomic E-state index is 2.67. The second-order valence-electron chi connectivity index (χ2n) is 15.5. The fourth-order valence-electron chi connectivity index (χ4n) is 6.45. The van der Waals surface area contributed by atoms with Crippen molar-refractivity contribution in [2.45, 2.75) is 133 Å². The number of unbranched alkanes of at least 4 members (excludes halogenated alkanes) is 10. The van der Waals surface area contributed by atoms with Gasteiger partial charge >= 0.3 is 269 Å². The summed E-state index contributed by atoms with van der Waals surface area (Å²) in [4.78, 5) is 21.7. The van der Waals surface area contributed by atoms with Gasteiger partial charge in [-0.1, -0.05) is 39.5 Å². The van der Waals surface area contributed by atoms with Crippen molar-refractivity contribution >= 4 is 108 Å². The molecule has 0 spiro atoms. The topological polar surface area (TPSA) is 0 Å². The molecule has 0 aliphatic rings. The van der Waals surface area contributed by atoms with Gasteiger partial charge in [0.2, 0.25) is 0 Å². The van der Waals surface area contributed by atoms with Crippen molar-refractivity contribution in [3.63, 3.8) is 0 Å². The van der Waals surface area contributed by atoms with E-state index in [1.54, 1.807) is 46.8 Å². The Hall–Kier alpha value is 0.137. The van der Waals surface area contributed by atoms with E-state index in [9.17, 15) is 0 Å². The molecule has 0 aliphatic heterocycles. The summed E-state index contributed by atoms with van der Waals surface area (Å²) in [6.45, 7) is 4.62. The summed E-state index contributed by atoms with van der Waals surface area (Å²) in [6.07, 6.45) is 18.9. The number of benzene rings is 1. The second-order valence-corrected chi connectivity index (χ2v) is 50.8. The van der Waals surface area contributed by atoms with Crippen LogP contribution >= 0.6 is 45.3 Å². The zero-order valence-electron chi connectivity index (χ0n) is 30.0. The Balaban J connectivity index is 1.57. The first-order valence-electron chi connectivity index (χ1n) is 18.2. The zero-order chi connectivity index (χ0) is 32.9. The third-order valence-corrected chi connectivity index (χ3v) is 32.8. The van der Waals surface area contributed by atoms with Crippen LogP contribution in [0.1, 0.15) is 101 Å². The van der Waals surface area contributed by atoms with E-state index in [0.717, 1.165) is 0 Å². The van der Waals surface area contributed by atoms with Crippen LogP contribution in [0.5, 0.6) is 0 Å². The molecule has 0 bridgehead atoms. The average molecular weight is 905 g/mol. The molecular weight excluding hydrogens is 846 g/mol. The summed E-state index contributed by atoms with van der Waals surface area (Å²) in [6, 6.07) is 15.2. The van der Waals surface area contributed by atoms with Crippen molar-refractivity contribution in [2.24, 2.45) is 0 Å². The quantitative estimate of drug-likeness (QED) is 0.0607. The predicted octanol–water partition coefficient (Wildman–Crippen LogP) is 14.5. The normalized spacial score (nSPS) is 12.7. The van der Waals surface area contributed by atoms with Gasteiger partial charge in [0.15, 0.2) is 0 Å². The third-order valence-electron chi connectivity index (χ3n) is 9.30. The SMILES string of the molecule is CCCCCCCCc1ccc(-c2c3c[c]([Sn]([CH3])([CH3])[CH3])sc3c(-c3ccc(CCCCCCCC)s3)c3c[c]([Sn]([CH3])([CH3])[CH3])sc23)s1. The Morgan fingerprint density at radius 1 is 0.457 bits per heavy atom. The Labute approximate surface area is 305 Å². The number of thiophene rings is 4. The van der Waals surface area contributed by atoms with Gasteiger partial charge in [-0.25, -0.2) is 0 Å². The minimum atomic E-state index is -2.30. The summed E-state index contributed by atoms with van der Waals surface area (Å²) < 4.78 is 6.56. The molecule has 0 nitrogen and oxygen atoms in total. The molecule has 0 unspecified atom stereocenters. The van der Waals surface area contributed by atoms with E-state index < -0.39 is 36.8 Å². The number of hydrogen-bond donors (Lipinski definition) is 0. The van der Waals surface area contributed by atoms with Crippen LogP contribution in [0.15, 0.2) is 36.4 Å². The third kappa shape index (κ3) is 9.27. The summed E-state index contributed by atoms with van der Waals surface area (Å²) in [7, 11) is 0. The van der Waals surface area contributed by atoms with Crippen LogP contribution in [0.25, 0.3) is 41.1 Å². The van der Waals surface area contributed by atoms with Gasteiger partial charge in [0.1, 0.15) is 0 Å². The molecule has 0 radical (unpaired) electrons. The predicted molar refractivity (Wildman–Crippen MR) is 224 cm³/mol. The van der Waals surface area contributed by atoms with Crippen LogP contribution in [-0.2, 0) is 12.8 Å². The number of aryl methyl sites for hydroxylation is 2. The van der Waals surface area contributed by atoms with Gasteiger partial charge in [-0.15, -0.1) is 0 Å². The molecular formula is C40H58S4Sn2. The maximum absolute atomic E-state index is 2.67. The van der Waals surface area contributed by atoms with E-state index in [4.69, 9.17) is 0 Å². The Bertz CT molecular complexity index is 1520. The molecule has 6 heteroatoms. The number of hydrogen-bond acceptors (Lipinski definition) is 4. The van der Waals surface area contributed by atoms with Crippen molar-refractivity contribution < 1.29 is 0 Å². The van der Waals surface area contributed by atoms with Crippen molar-refractivity contribution in [1.29, 1.82) is 0 Å². The van der Waals surface area contributed by atoms with E-state index in [1.165, 1.54) is 99.6 Å². The van der Waals surface area contributed by atoms with Crippen LogP contribution in [0.4, 0.5) is 0 Å². The molecule has 1 aromatic carbocycles. The molecule has 0 fully saturated rings. The molecule has 0 aliphatic carbocycles. The first-order valence-corrected chi connectivity index (χ1v) is 41.5. The molecule has 0 atom stereocenters. The Morgan fingerprint density at radius 2 is 0.826 bits per heavy atom. The molecule has 0 saturated carbocycles. The van der Waals surface area contributed by atoms with Gasteiger partial charge in [0.05, 0.1) is 0 Å². The van der Waals surface area contributed by atoms with Crippen LogP contribution in [0.3, 0.4) is 0 Å². The van der Waals surface area contributed by atoms with Gasteiger partial charge in [-0.3, -0.25) is 0 Å². The Kier molecular flexibility index (Phi) is 13.7. The van der Waals surface area contributed by atoms with Crippen LogP contribution in [0.2, 0.25) is 29.6 Å². The molecule has 0 N–H and O–H groups in total.